The molecule has 0 aliphatic heterocycles. The molecule has 0 fully saturated rings. The summed E-state index contributed by atoms with van der Waals surface area (Å²) in [5.74, 6) is 0.260. The van der Waals surface area contributed by atoms with Gasteiger partial charge in [-0.2, -0.15) is 0 Å². The first-order valence-electron chi connectivity index (χ1n) is 9.71. The van der Waals surface area contributed by atoms with Crippen molar-refractivity contribution in [1.29, 1.82) is 0 Å². The molecule has 0 saturated carbocycles. The first kappa shape index (κ1) is 19.7. The van der Waals surface area contributed by atoms with Crippen LogP contribution >= 0.6 is 0 Å². The Morgan fingerprint density at radius 1 is 1.03 bits per heavy atom. The van der Waals surface area contributed by atoms with E-state index >= 15 is 0 Å². The molecular weight excluding hydrogens is 380 g/mol. The van der Waals surface area contributed by atoms with Gasteiger partial charge >= 0.3 is 0 Å². The molecule has 2 N–H and O–H groups in total. The molecule has 4 aromatic rings. The van der Waals surface area contributed by atoms with Gasteiger partial charge in [-0.15, -0.1) is 0 Å². The van der Waals surface area contributed by atoms with E-state index in [0.29, 0.717) is 35.7 Å². The third-order valence-corrected chi connectivity index (χ3v) is 4.90. The molecular formula is C24H22N2O4. The number of ether oxygens (including phenoxy) is 2. The molecule has 0 atom stereocenters. The predicted octanol–water partition coefficient (Wildman–Crippen LogP) is 4.48. The van der Waals surface area contributed by atoms with Gasteiger partial charge in [0.15, 0.2) is 0 Å². The standard InChI is InChI=1S/C24H22N2O4/c1-3-30-21-11-8-15-6-4-5-7-19(15)23(21)24(28)25-17-9-10-18-16(14-29-2)12-22(27)26-20(18)13-17/h4-13H,3,14H2,1-2H3,(H,25,28)(H,26,27). The molecule has 1 heterocycles. The van der Waals surface area contributed by atoms with Crippen LogP contribution in [0.1, 0.15) is 22.8 Å². The van der Waals surface area contributed by atoms with Crippen LogP contribution in [0.15, 0.2) is 65.5 Å². The molecule has 1 amide bonds. The lowest BCUT2D eigenvalue weighted by Crippen LogP contribution is -2.15. The highest BCUT2D eigenvalue weighted by Gasteiger charge is 2.17. The summed E-state index contributed by atoms with van der Waals surface area (Å²) in [6, 6.07) is 18.4. The number of fused-ring (bicyclic) bond motifs is 2. The molecule has 6 heteroatoms. The SMILES string of the molecule is CCOc1ccc2ccccc2c1C(=O)Nc1ccc2c(COC)cc(=O)[nH]c2c1. The Hall–Kier alpha value is -3.64. The Balaban J connectivity index is 1.75. The second kappa shape index (κ2) is 8.39. The van der Waals surface area contributed by atoms with Gasteiger partial charge in [-0.1, -0.05) is 36.4 Å². The molecule has 0 bridgehead atoms. The third-order valence-electron chi connectivity index (χ3n) is 4.90. The highest BCUT2D eigenvalue weighted by atomic mass is 16.5. The molecule has 0 aliphatic rings. The minimum Gasteiger partial charge on any atom is -0.493 e. The number of rotatable bonds is 6. The average Bonchev–Trinajstić information content (AvgIpc) is 2.73. The van der Waals surface area contributed by atoms with Gasteiger partial charge in [-0.25, -0.2) is 0 Å². The topological polar surface area (TPSA) is 80.4 Å². The van der Waals surface area contributed by atoms with E-state index in [2.05, 4.69) is 10.3 Å². The number of amides is 1. The van der Waals surface area contributed by atoms with Crippen LogP contribution in [0.2, 0.25) is 0 Å². The lowest BCUT2D eigenvalue weighted by Gasteiger charge is -2.14. The van der Waals surface area contributed by atoms with Crippen molar-refractivity contribution in [3.63, 3.8) is 0 Å². The number of nitrogens with one attached hydrogen (secondary N) is 2. The van der Waals surface area contributed by atoms with Gasteiger partial charge in [0.2, 0.25) is 5.56 Å². The minimum absolute atomic E-state index is 0.217. The molecule has 0 saturated heterocycles. The average molecular weight is 402 g/mol. The normalized spacial score (nSPS) is 11.0. The number of pyridine rings is 1. The number of carbonyl (C=O) groups excluding carboxylic acids is 1. The van der Waals surface area contributed by atoms with E-state index in [0.717, 1.165) is 21.7 Å². The summed E-state index contributed by atoms with van der Waals surface area (Å²) >= 11 is 0. The van der Waals surface area contributed by atoms with E-state index in [9.17, 15) is 9.59 Å². The van der Waals surface area contributed by atoms with Gasteiger partial charge in [0.1, 0.15) is 5.75 Å². The van der Waals surface area contributed by atoms with Crippen molar-refractivity contribution >= 4 is 33.3 Å². The molecule has 3 aromatic carbocycles. The van der Waals surface area contributed by atoms with Crippen LogP contribution in [-0.4, -0.2) is 24.6 Å². The van der Waals surface area contributed by atoms with Crippen molar-refractivity contribution < 1.29 is 14.3 Å². The summed E-state index contributed by atoms with van der Waals surface area (Å²) in [4.78, 5) is 28.0. The zero-order valence-electron chi connectivity index (χ0n) is 16.8. The summed E-state index contributed by atoms with van der Waals surface area (Å²) in [7, 11) is 1.59. The molecule has 0 unspecified atom stereocenters. The van der Waals surface area contributed by atoms with E-state index < -0.39 is 0 Å². The lowest BCUT2D eigenvalue weighted by molar-refractivity contribution is 0.102. The van der Waals surface area contributed by atoms with Gasteiger partial charge in [0.05, 0.1) is 24.3 Å². The maximum absolute atomic E-state index is 13.2. The third kappa shape index (κ3) is 3.77. The van der Waals surface area contributed by atoms with E-state index in [1.807, 2.05) is 55.5 Å². The number of hydrogen-bond donors (Lipinski definition) is 2. The summed E-state index contributed by atoms with van der Waals surface area (Å²) in [5, 5.41) is 5.58. The van der Waals surface area contributed by atoms with Crippen LogP contribution in [0.5, 0.6) is 5.75 Å². The molecule has 30 heavy (non-hydrogen) atoms. The zero-order chi connectivity index (χ0) is 21.1. The first-order valence-corrected chi connectivity index (χ1v) is 9.71. The van der Waals surface area contributed by atoms with Crippen molar-refractivity contribution in [3.8, 4) is 5.75 Å². The Labute approximate surface area is 173 Å². The Morgan fingerprint density at radius 3 is 2.67 bits per heavy atom. The maximum Gasteiger partial charge on any atom is 0.260 e. The molecule has 1 aromatic heterocycles. The van der Waals surface area contributed by atoms with E-state index in [4.69, 9.17) is 9.47 Å². The van der Waals surface area contributed by atoms with Crippen molar-refractivity contribution in [2.75, 3.05) is 19.0 Å². The van der Waals surface area contributed by atoms with Crippen LogP contribution in [-0.2, 0) is 11.3 Å². The number of methoxy groups -OCH3 is 1. The van der Waals surface area contributed by atoms with Gasteiger partial charge in [0.25, 0.3) is 5.91 Å². The number of hydrogen-bond acceptors (Lipinski definition) is 4. The molecule has 0 spiro atoms. The Morgan fingerprint density at radius 2 is 1.87 bits per heavy atom. The Kier molecular flexibility index (Phi) is 5.50. The number of aromatic nitrogens is 1. The summed E-state index contributed by atoms with van der Waals surface area (Å²) < 4.78 is 10.9. The predicted molar refractivity (Wildman–Crippen MR) is 118 cm³/mol. The van der Waals surface area contributed by atoms with Gasteiger partial charge < -0.3 is 19.8 Å². The van der Waals surface area contributed by atoms with Gasteiger partial charge in [-0.05, 0) is 41.5 Å². The molecule has 0 radical (unpaired) electrons. The van der Waals surface area contributed by atoms with Crippen LogP contribution in [0.3, 0.4) is 0 Å². The maximum atomic E-state index is 13.2. The molecule has 0 aliphatic carbocycles. The second-order valence-corrected chi connectivity index (χ2v) is 6.90. The number of H-pyrrole nitrogens is 1. The van der Waals surface area contributed by atoms with E-state index in [-0.39, 0.29) is 11.5 Å². The molecule has 6 nitrogen and oxygen atoms in total. The summed E-state index contributed by atoms with van der Waals surface area (Å²) in [5.41, 5.74) is 2.27. The highest BCUT2D eigenvalue weighted by Crippen LogP contribution is 2.29. The number of benzene rings is 3. The minimum atomic E-state index is -0.273. The van der Waals surface area contributed by atoms with Crippen molar-refractivity contribution in [2.24, 2.45) is 0 Å². The largest absolute Gasteiger partial charge is 0.493 e. The smallest absolute Gasteiger partial charge is 0.260 e. The van der Waals surface area contributed by atoms with Crippen LogP contribution < -0.4 is 15.6 Å². The van der Waals surface area contributed by atoms with Crippen molar-refractivity contribution in [3.05, 3.63) is 82.1 Å². The zero-order valence-corrected chi connectivity index (χ0v) is 16.8. The van der Waals surface area contributed by atoms with Crippen molar-refractivity contribution in [2.45, 2.75) is 13.5 Å². The number of carbonyl (C=O) groups is 1. The number of anilines is 1. The van der Waals surface area contributed by atoms with Crippen LogP contribution in [0.4, 0.5) is 5.69 Å². The van der Waals surface area contributed by atoms with Crippen LogP contribution in [0.25, 0.3) is 21.7 Å². The number of aromatic amines is 1. The summed E-state index contributed by atoms with van der Waals surface area (Å²) in [6.45, 7) is 2.67. The second-order valence-electron chi connectivity index (χ2n) is 6.90. The van der Waals surface area contributed by atoms with E-state index in [1.54, 1.807) is 13.2 Å². The fourth-order valence-corrected chi connectivity index (χ4v) is 3.64. The molecule has 4 rings (SSSR count). The van der Waals surface area contributed by atoms with Gasteiger partial charge in [0, 0.05) is 24.2 Å². The first-order chi connectivity index (χ1) is 14.6. The molecule has 152 valence electrons. The quantitative estimate of drug-likeness (QED) is 0.498. The fraction of sp³-hybridized carbons (Fsp3) is 0.167. The van der Waals surface area contributed by atoms with Crippen molar-refractivity contribution in [1.82, 2.24) is 4.98 Å². The Bertz CT molecular complexity index is 1290. The highest BCUT2D eigenvalue weighted by molar-refractivity contribution is 6.15. The fourth-order valence-electron chi connectivity index (χ4n) is 3.64. The lowest BCUT2D eigenvalue weighted by atomic mass is 10.0. The van der Waals surface area contributed by atoms with Crippen LogP contribution in [0, 0.1) is 0 Å². The van der Waals surface area contributed by atoms with E-state index in [1.165, 1.54) is 6.07 Å². The monoisotopic (exact) mass is 402 g/mol. The van der Waals surface area contributed by atoms with Gasteiger partial charge in [-0.3, -0.25) is 9.59 Å². The summed E-state index contributed by atoms with van der Waals surface area (Å²) in [6.07, 6.45) is 0.